The summed E-state index contributed by atoms with van der Waals surface area (Å²) in [6.45, 7) is 6.39. The highest BCUT2D eigenvalue weighted by Gasteiger charge is 2.35. The third-order valence-corrected chi connectivity index (χ3v) is 7.33. The van der Waals surface area contributed by atoms with Crippen LogP contribution in [0.4, 0.5) is 14.9 Å². The highest BCUT2D eigenvalue weighted by molar-refractivity contribution is 7.90. The van der Waals surface area contributed by atoms with Crippen molar-refractivity contribution in [1.82, 2.24) is 14.5 Å². The Kier molecular flexibility index (Phi) is 7.51. The Morgan fingerprint density at radius 3 is 2.53 bits per heavy atom. The van der Waals surface area contributed by atoms with Gasteiger partial charge >= 0.3 is 11.7 Å². The lowest BCUT2D eigenvalue weighted by Crippen LogP contribution is -2.52. The minimum absolute atomic E-state index is 0.108. The second kappa shape index (κ2) is 10.4. The van der Waals surface area contributed by atoms with Crippen LogP contribution in [0.25, 0.3) is 11.0 Å². The monoisotopic (exact) mass is 546 g/mol. The van der Waals surface area contributed by atoms with Crippen molar-refractivity contribution in [2.45, 2.75) is 26.8 Å². The van der Waals surface area contributed by atoms with E-state index in [9.17, 15) is 18.0 Å². The number of amides is 1. The Morgan fingerprint density at radius 2 is 1.89 bits per heavy atom. The van der Waals surface area contributed by atoms with Gasteiger partial charge in [0, 0.05) is 64.2 Å². The number of likely N-dealkylation sites (tertiary alicyclic amines) is 1. The smallest absolute Gasteiger partial charge is 0.414 e. The van der Waals surface area contributed by atoms with E-state index in [1.165, 1.54) is 36.2 Å². The maximum atomic E-state index is 15.3. The second-order valence-electron chi connectivity index (χ2n) is 10.3. The molecule has 0 aliphatic carbocycles. The molecule has 3 aromatic rings. The van der Waals surface area contributed by atoms with Crippen molar-refractivity contribution in [2.75, 3.05) is 39.0 Å². The normalized spacial score (nSPS) is 15.2. The molecule has 1 saturated heterocycles. The molecule has 10 nitrogen and oxygen atoms in total. The summed E-state index contributed by atoms with van der Waals surface area (Å²) < 4.78 is 54.3. The lowest BCUT2D eigenvalue weighted by atomic mass is 9.83. The summed E-state index contributed by atoms with van der Waals surface area (Å²) in [5, 5.41) is 0.640. The number of anilines is 1. The topological polar surface area (TPSA) is 121 Å². The Morgan fingerprint density at radius 1 is 1.18 bits per heavy atom. The lowest BCUT2D eigenvalue weighted by molar-refractivity contribution is 0.0243. The molecule has 1 aliphatic heterocycles. The number of benzene rings is 2. The van der Waals surface area contributed by atoms with Gasteiger partial charge in [-0.3, -0.25) is 9.62 Å². The molecule has 1 aromatic heterocycles. The third kappa shape index (κ3) is 5.98. The van der Waals surface area contributed by atoms with Crippen molar-refractivity contribution in [3.63, 3.8) is 0 Å². The summed E-state index contributed by atoms with van der Waals surface area (Å²) in [6, 6.07) is 9.13. The number of ether oxygens (including phenoxy) is 1. The maximum Gasteiger partial charge on any atom is 0.414 e. The average Bonchev–Trinajstić information content (AvgIpc) is 2.82. The first-order valence-electron chi connectivity index (χ1n) is 12.0. The Bertz CT molecular complexity index is 1540. The average molecular weight is 547 g/mol. The first kappa shape index (κ1) is 27.6. The van der Waals surface area contributed by atoms with Crippen LogP contribution < -0.4 is 19.8 Å². The van der Waals surface area contributed by atoms with Gasteiger partial charge in [0.1, 0.15) is 11.3 Å². The van der Waals surface area contributed by atoms with Crippen molar-refractivity contribution in [3.05, 3.63) is 69.3 Å². The molecule has 0 unspecified atom stereocenters. The summed E-state index contributed by atoms with van der Waals surface area (Å²) in [6.07, 6.45) is -0.681. The summed E-state index contributed by atoms with van der Waals surface area (Å²) in [7, 11) is 0.384. The Hall–Kier alpha value is -3.48. The van der Waals surface area contributed by atoms with E-state index in [0.29, 0.717) is 17.5 Å². The van der Waals surface area contributed by atoms with Crippen molar-refractivity contribution < 1.29 is 26.8 Å². The third-order valence-electron chi connectivity index (χ3n) is 6.31. The van der Waals surface area contributed by atoms with Gasteiger partial charge in [-0.05, 0) is 34.7 Å². The standard InChI is InChI=1S/C26H31FN4O6S/c1-26(2)14-31(15-26)13-20-18-10-9-17(36-25(33)30(4)5)12-22(18)37-24(32)19(20)11-16-7-6-8-21(23(16)27)29-38(34,35)28-3/h6-10,12,28-29H,11,13-15H2,1-5H3. The van der Waals surface area contributed by atoms with Gasteiger partial charge in [0.25, 0.3) is 10.2 Å². The molecule has 0 spiro atoms. The zero-order chi connectivity index (χ0) is 27.8. The van der Waals surface area contributed by atoms with E-state index < -0.39 is 27.7 Å². The largest absolute Gasteiger partial charge is 0.422 e. The van der Waals surface area contributed by atoms with Crippen molar-refractivity contribution >= 4 is 33.0 Å². The van der Waals surface area contributed by atoms with Crippen LogP contribution in [0.5, 0.6) is 5.75 Å². The molecule has 0 radical (unpaired) electrons. The van der Waals surface area contributed by atoms with Gasteiger partial charge in [-0.15, -0.1) is 0 Å². The van der Waals surface area contributed by atoms with Crippen LogP contribution in [0, 0.1) is 11.2 Å². The highest BCUT2D eigenvalue weighted by atomic mass is 32.2. The van der Waals surface area contributed by atoms with Gasteiger partial charge < -0.3 is 14.1 Å². The molecular weight excluding hydrogens is 515 g/mol. The number of halogens is 1. The van der Waals surface area contributed by atoms with Crippen LogP contribution in [-0.4, -0.2) is 58.5 Å². The molecule has 1 amide bonds. The molecule has 204 valence electrons. The molecule has 1 fully saturated rings. The van der Waals surface area contributed by atoms with E-state index in [-0.39, 0.29) is 40.0 Å². The quantitative estimate of drug-likeness (QED) is 0.416. The molecule has 2 N–H and O–H groups in total. The van der Waals surface area contributed by atoms with E-state index in [0.717, 1.165) is 13.1 Å². The van der Waals surface area contributed by atoms with Crippen LogP contribution >= 0.6 is 0 Å². The Balaban J connectivity index is 1.77. The van der Waals surface area contributed by atoms with Gasteiger partial charge in [-0.2, -0.15) is 8.42 Å². The van der Waals surface area contributed by atoms with E-state index in [2.05, 4.69) is 28.2 Å². The SMILES string of the molecule is CNS(=O)(=O)Nc1cccc(Cc2c(CN3CC(C)(C)C3)c3ccc(OC(=O)N(C)C)cc3oc2=O)c1F. The van der Waals surface area contributed by atoms with Crippen LogP contribution in [0.2, 0.25) is 0 Å². The van der Waals surface area contributed by atoms with Gasteiger partial charge in [0.05, 0.1) is 5.69 Å². The summed E-state index contributed by atoms with van der Waals surface area (Å²) in [5.74, 6) is -0.563. The fourth-order valence-corrected chi connectivity index (χ4v) is 5.13. The summed E-state index contributed by atoms with van der Waals surface area (Å²) in [4.78, 5) is 28.7. The fourth-order valence-electron chi connectivity index (χ4n) is 4.58. The Labute approximate surface area is 220 Å². The predicted octanol–water partition coefficient (Wildman–Crippen LogP) is 3.30. The van der Waals surface area contributed by atoms with Gasteiger partial charge in [0.15, 0.2) is 5.82 Å². The van der Waals surface area contributed by atoms with Crippen molar-refractivity contribution in [2.24, 2.45) is 5.41 Å². The minimum Gasteiger partial charge on any atom is -0.422 e. The van der Waals surface area contributed by atoms with Crippen molar-refractivity contribution in [1.29, 1.82) is 0 Å². The summed E-state index contributed by atoms with van der Waals surface area (Å²) >= 11 is 0. The summed E-state index contributed by atoms with van der Waals surface area (Å²) in [5.41, 5.74) is 0.590. The van der Waals surface area contributed by atoms with Gasteiger partial charge in [-0.25, -0.2) is 18.7 Å². The van der Waals surface area contributed by atoms with E-state index >= 15 is 4.39 Å². The van der Waals surface area contributed by atoms with Gasteiger partial charge in [-0.1, -0.05) is 26.0 Å². The molecule has 0 bridgehead atoms. The number of rotatable bonds is 8. The number of nitrogens with zero attached hydrogens (tertiary/aromatic N) is 2. The number of nitrogens with one attached hydrogen (secondary N) is 2. The number of fused-ring (bicyclic) bond motifs is 1. The van der Waals surface area contributed by atoms with Crippen LogP contribution in [-0.2, 0) is 23.2 Å². The number of hydrogen-bond acceptors (Lipinski definition) is 7. The molecule has 0 saturated carbocycles. The van der Waals surface area contributed by atoms with Crippen LogP contribution in [0.3, 0.4) is 0 Å². The molecule has 2 aromatic carbocycles. The number of hydrogen-bond donors (Lipinski definition) is 2. The van der Waals surface area contributed by atoms with E-state index in [4.69, 9.17) is 9.15 Å². The first-order valence-corrected chi connectivity index (χ1v) is 13.5. The van der Waals surface area contributed by atoms with Gasteiger partial charge in [0.2, 0.25) is 0 Å². The van der Waals surface area contributed by atoms with E-state index in [1.54, 1.807) is 26.2 Å². The molecule has 38 heavy (non-hydrogen) atoms. The zero-order valence-corrected chi connectivity index (χ0v) is 22.7. The predicted molar refractivity (Wildman–Crippen MR) is 142 cm³/mol. The van der Waals surface area contributed by atoms with E-state index in [1.807, 2.05) is 0 Å². The number of carbonyl (C=O) groups is 1. The maximum absolute atomic E-state index is 15.3. The van der Waals surface area contributed by atoms with Crippen LogP contribution in [0.1, 0.15) is 30.5 Å². The molecule has 12 heteroatoms. The lowest BCUT2D eigenvalue weighted by Gasteiger charge is -2.46. The highest BCUT2D eigenvalue weighted by Crippen LogP contribution is 2.34. The molecular formula is C26H31FN4O6S. The molecule has 4 rings (SSSR count). The molecule has 1 aliphatic rings. The fraction of sp³-hybridized carbons (Fsp3) is 0.385. The minimum atomic E-state index is -3.94. The number of carbonyl (C=O) groups excluding carboxylic acids is 1. The first-order chi connectivity index (χ1) is 17.8. The van der Waals surface area contributed by atoms with Crippen molar-refractivity contribution in [3.8, 4) is 5.75 Å². The molecule has 0 atom stereocenters. The molecule has 2 heterocycles. The second-order valence-corrected chi connectivity index (χ2v) is 12.0. The zero-order valence-electron chi connectivity index (χ0n) is 21.9. The van der Waals surface area contributed by atoms with Crippen LogP contribution in [0.15, 0.2) is 45.6 Å².